The van der Waals surface area contributed by atoms with E-state index in [1.54, 1.807) is 14.2 Å². The zero-order chi connectivity index (χ0) is 15.2. The smallest absolute Gasteiger partial charge is 0.161 e. The lowest BCUT2D eigenvalue weighted by atomic mass is 10.1. The Bertz CT molecular complexity index is 604. The number of anilines is 1. The van der Waals surface area contributed by atoms with Crippen LogP contribution in [0.2, 0.25) is 0 Å². The third kappa shape index (κ3) is 3.73. The fourth-order valence-electron chi connectivity index (χ4n) is 2.25. The predicted octanol–water partition coefficient (Wildman–Crippen LogP) is 3.66. The third-order valence-electron chi connectivity index (χ3n) is 3.34. The molecule has 114 valence electrons. The summed E-state index contributed by atoms with van der Waals surface area (Å²) in [5.41, 5.74) is 0. The van der Waals surface area contributed by atoms with Crippen LogP contribution >= 0.6 is 11.8 Å². The molecule has 0 amide bonds. The molecule has 0 bridgehead atoms. The summed E-state index contributed by atoms with van der Waals surface area (Å²) in [6, 6.07) is 5.93. The topological polar surface area (TPSA) is 43.4 Å². The van der Waals surface area contributed by atoms with Gasteiger partial charge in [0.1, 0.15) is 5.82 Å². The lowest BCUT2D eigenvalue weighted by Gasteiger charge is -2.15. The standard InChI is InChI=1S/C16H22N2O2S/c1-11(10-21-4)9-18-16-13-8-15(20-3)14(19-2)7-12(13)5-6-17-16/h5-8,11H,9-10H2,1-4H3,(H,17,18). The van der Waals surface area contributed by atoms with Crippen molar-refractivity contribution >= 4 is 28.4 Å². The molecule has 5 heteroatoms. The molecule has 0 spiro atoms. The van der Waals surface area contributed by atoms with Crippen LogP contribution in [-0.4, -0.2) is 37.8 Å². The highest BCUT2D eigenvalue weighted by molar-refractivity contribution is 7.98. The van der Waals surface area contributed by atoms with E-state index in [0.717, 1.165) is 40.4 Å². The van der Waals surface area contributed by atoms with E-state index in [1.807, 2.05) is 36.2 Å². The van der Waals surface area contributed by atoms with Crippen LogP contribution in [0.4, 0.5) is 5.82 Å². The second-order valence-corrected chi connectivity index (χ2v) is 5.94. The van der Waals surface area contributed by atoms with E-state index in [4.69, 9.17) is 9.47 Å². The van der Waals surface area contributed by atoms with Crippen LogP contribution in [0.5, 0.6) is 11.5 Å². The summed E-state index contributed by atoms with van der Waals surface area (Å²) >= 11 is 1.86. The molecule has 4 nitrogen and oxygen atoms in total. The van der Waals surface area contributed by atoms with E-state index < -0.39 is 0 Å². The van der Waals surface area contributed by atoms with Gasteiger partial charge in [0.25, 0.3) is 0 Å². The lowest BCUT2D eigenvalue weighted by Crippen LogP contribution is -2.14. The Kier molecular flexibility index (Phi) is 5.56. The van der Waals surface area contributed by atoms with Crippen molar-refractivity contribution in [2.75, 3.05) is 38.1 Å². The fourth-order valence-corrected chi connectivity index (χ4v) is 2.94. The maximum atomic E-state index is 5.38. The van der Waals surface area contributed by atoms with Crippen molar-refractivity contribution in [1.29, 1.82) is 0 Å². The Morgan fingerprint density at radius 2 is 1.95 bits per heavy atom. The quantitative estimate of drug-likeness (QED) is 0.845. The lowest BCUT2D eigenvalue weighted by molar-refractivity contribution is 0.356. The summed E-state index contributed by atoms with van der Waals surface area (Å²) in [5.74, 6) is 4.07. The number of thioether (sulfide) groups is 1. The molecule has 1 N–H and O–H groups in total. The summed E-state index contributed by atoms with van der Waals surface area (Å²) < 4.78 is 10.7. The number of hydrogen-bond acceptors (Lipinski definition) is 5. The predicted molar refractivity (Wildman–Crippen MR) is 90.9 cm³/mol. The molecule has 0 aliphatic heterocycles. The summed E-state index contributed by atoms with van der Waals surface area (Å²) in [5, 5.41) is 5.57. The number of ether oxygens (including phenoxy) is 2. The van der Waals surface area contributed by atoms with Crippen LogP contribution in [0.25, 0.3) is 10.8 Å². The first-order valence-corrected chi connectivity index (χ1v) is 8.32. The van der Waals surface area contributed by atoms with Crippen molar-refractivity contribution in [3.05, 3.63) is 24.4 Å². The minimum absolute atomic E-state index is 0.595. The van der Waals surface area contributed by atoms with Gasteiger partial charge in [0, 0.05) is 18.1 Å². The summed E-state index contributed by atoms with van der Waals surface area (Å²) in [6.45, 7) is 3.14. The number of nitrogens with one attached hydrogen (secondary N) is 1. The number of fused-ring (bicyclic) bond motifs is 1. The summed E-state index contributed by atoms with van der Waals surface area (Å²) in [4.78, 5) is 4.46. The van der Waals surface area contributed by atoms with Gasteiger partial charge in [-0.3, -0.25) is 0 Å². The number of nitrogens with zero attached hydrogens (tertiary/aromatic N) is 1. The summed E-state index contributed by atoms with van der Waals surface area (Å²) in [7, 11) is 3.29. The minimum atomic E-state index is 0.595. The van der Waals surface area contributed by atoms with Crippen LogP contribution in [0.1, 0.15) is 6.92 Å². The van der Waals surface area contributed by atoms with Crippen LogP contribution in [0.15, 0.2) is 24.4 Å². The van der Waals surface area contributed by atoms with Gasteiger partial charge in [0.2, 0.25) is 0 Å². The number of benzene rings is 1. The van der Waals surface area contributed by atoms with Crippen LogP contribution in [-0.2, 0) is 0 Å². The van der Waals surface area contributed by atoms with Gasteiger partial charge in [-0.15, -0.1) is 0 Å². The van der Waals surface area contributed by atoms with E-state index >= 15 is 0 Å². The zero-order valence-electron chi connectivity index (χ0n) is 13.0. The molecule has 0 aliphatic carbocycles. The van der Waals surface area contributed by atoms with Gasteiger partial charge >= 0.3 is 0 Å². The maximum Gasteiger partial charge on any atom is 0.161 e. The molecule has 21 heavy (non-hydrogen) atoms. The van der Waals surface area contributed by atoms with Crippen LogP contribution in [0, 0.1) is 5.92 Å². The number of pyridine rings is 1. The average molecular weight is 306 g/mol. The number of aromatic nitrogens is 1. The van der Waals surface area contributed by atoms with Gasteiger partial charge in [-0.05, 0) is 41.5 Å². The van der Waals surface area contributed by atoms with Gasteiger partial charge in [-0.2, -0.15) is 11.8 Å². The number of rotatable bonds is 7. The van der Waals surface area contributed by atoms with Crippen molar-refractivity contribution in [2.45, 2.75) is 6.92 Å². The second kappa shape index (κ2) is 7.41. The van der Waals surface area contributed by atoms with Gasteiger partial charge in [0.15, 0.2) is 11.5 Å². The van der Waals surface area contributed by atoms with E-state index in [2.05, 4.69) is 23.5 Å². The van der Waals surface area contributed by atoms with Crippen molar-refractivity contribution < 1.29 is 9.47 Å². The summed E-state index contributed by atoms with van der Waals surface area (Å²) in [6.07, 6.45) is 3.94. The molecule has 0 saturated heterocycles. The molecule has 1 aromatic carbocycles. The molecule has 1 heterocycles. The van der Waals surface area contributed by atoms with Gasteiger partial charge in [-0.1, -0.05) is 6.92 Å². The molecule has 2 aromatic rings. The van der Waals surface area contributed by atoms with Gasteiger partial charge in [0.05, 0.1) is 14.2 Å². The molecule has 0 radical (unpaired) electrons. The van der Waals surface area contributed by atoms with Crippen molar-refractivity contribution in [3.63, 3.8) is 0 Å². The molecule has 0 aliphatic rings. The Balaban J connectivity index is 2.31. The fraction of sp³-hybridized carbons (Fsp3) is 0.438. The normalized spacial score (nSPS) is 12.2. The Hall–Kier alpha value is -1.62. The van der Waals surface area contributed by atoms with E-state index in [1.165, 1.54) is 0 Å². The molecular formula is C16H22N2O2S. The molecule has 1 atom stereocenters. The first kappa shape index (κ1) is 15.8. The second-order valence-electron chi connectivity index (χ2n) is 5.03. The van der Waals surface area contributed by atoms with Crippen LogP contribution in [0.3, 0.4) is 0 Å². The molecular weight excluding hydrogens is 284 g/mol. The molecule has 1 unspecified atom stereocenters. The minimum Gasteiger partial charge on any atom is -0.493 e. The molecule has 1 aromatic heterocycles. The van der Waals surface area contributed by atoms with Crippen molar-refractivity contribution in [1.82, 2.24) is 4.98 Å². The molecule has 0 fully saturated rings. The monoisotopic (exact) mass is 306 g/mol. The SMILES string of the molecule is COc1cc2ccnc(NCC(C)CSC)c2cc1OC. The van der Waals surface area contributed by atoms with E-state index in [-0.39, 0.29) is 0 Å². The largest absolute Gasteiger partial charge is 0.493 e. The molecule has 2 rings (SSSR count). The highest BCUT2D eigenvalue weighted by atomic mass is 32.2. The molecule has 0 saturated carbocycles. The highest BCUT2D eigenvalue weighted by Crippen LogP contribution is 2.34. The first-order chi connectivity index (χ1) is 10.2. The number of methoxy groups -OCH3 is 2. The van der Waals surface area contributed by atoms with Crippen molar-refractivity contribution in [2.24, 2.45) is 5.92 Å². The van der Waals surface area contributed by atoms with Crippen molar-refractivity contribution in [3.8, 4) is 11.5 Å². The first-order valence-electron chi connectivity index (χ1n) is 6.93. The maximum absolute atomic E-state index is 5.38. The Morgan fingerprint density at radius 1 is 1.24 bits per heavy atom. The average Bonchev–Trinajstić information content (AvgIpc) is 2.51. The van der Waals surface area contributed by atoms with Gasteiger partial charge < -0.3 is 14.8 Å². The number of hydrogen-bond donors (Lipinski definition) is 1. The van der Waals surface area contributed by atoms with E-state index in [0.29, 0.717) is 5.92 Å². The Morgan fingerprint density at radius 3 is 2.62 bits per heavy atom. The van der Waals surface area contributed by atoms with Gasteiger partial charge in [-0.25, -0.2) is 4.98 Å². The van der Waals surface area contributed by atoms with E-state index in [9.17, 15) is 0 Å². The highest BCUT2D eigenvalue weighted by Gasteiger charge is 2.10. The van der Waals surface area contributed by atoms with Crippen LogP contribution < -0.4 is 14.8 Å². The Labute approximate surface area is 130 Å². The third-order valence-corrected chi connectivity index (χ3v) is 4.24. The zero-order valence-corrected chi connectivity index (χ0v) is 13.8.